The minimum atomic E-state index is -1.51. The molecule has 0 aromatic heterocycles. The molecule has 0 radical (unpaired) electrons. The quantitative estimate of drug-likeness (QED) is 0.281. The molecule has 22 heavy (non-hydrogen) atoms. The van der Waals surface area contributed by atoms with Gasteiger partial charge in [0.05, 0.1) is 38.6 Å². The number of aliphatic hydroxyl groups excluding tert-OH is 5. The molecular weight excluding hydrogens is 296 g/mol. The lowest BCUT2D eigenvalue weighted by Crippen LogP contribution is -2.60. The molecule has 8 heteroatoms. The van der Waals surface area contributed by atoms with Crippen LogP contribution in [0.2, 0.25) is 0 Å². The zero-order valence-electron chi connectivity index (χ0n) is 13.3. The van der Waals surface area contributed by atoms with Crippen molar-refractivity contribution in [3.8, 4) is 0 Å². The summed E-state index contributed by atoms with van der Waals surface area (Å²) >= 11 is 0. The molecule has 0 saturated carbocycles. The largest absolute Gasteiger partial charge is 0.394 e. The molecule has 6 unspecified atom stereocenters. The summed E-state index contributed by atoms with van der Waals surface area (Å²) in [5, 5.41) is 47.5. The van der Waals surface area contributed by atoms with E-state index in [0.717, 1.165) is 0 Å². The fourth-order valence-electron chi connectivity index (χ4n) is 2.78. The highest BCUT2D eigenvalue weighted by atomic mass is 16.7. The lowest BCUT2D eigenvalue weighted by atomic mass is 9.71. The normalized spacial score (nSPS) is 34.6. The zero-order valence-corrected chi connectivity index (χ0v) is 13.3. The lowest BCUT2D eigenvalue weighted by molar-refractivity contribution is -0.323. The predicted molar refractivity (Wildman–Crippen MR) is 75.7 cm³/mol. The third kappa shape index (κ3) is 5.10. The Balaban J connectivity index is 2.86. The number of hydrogen-bond acceptors (Lipinski definition) is 8. The molecule has 0 aromatic carbocycles. The third-order valence-corrected chi connectivity index (χ3v) is 3.69. The van der Waals surface area contributed by atoms with Gasteiger partial charge in [0.15, 0.2) is 12.6 Å². The molecule has 0 amide bonds. The molecule has 0 aliphatic carbocycles. The van der Waals surface area contributed by atoms with Gasteiger partial charge in [0.1, 0.15) is 6.10 Å². The van der Waals surface area contributed by atoms with Crippen molar-refractivity contribution in [3.05, 3.63) is 0 Å². The zero-order chi connectivity index (χ0) is 16.9. The first kappa shape index (κ1) is 19.7. The fourth-order valence-corrected chi connectivity index (χ4v) is 2.78. The Kier molecular flexibility index (Phi) is 7.63. The van der Waals surface area contributed by atoms with E-state index in [1.165, 1.54) is 0 Å². The SMILES string of the molecule is CC(C)(C)C1C(COCCO)OC(O)C(OC(O)CO)C1O. The van der Waals surface area contributed by atoms with Crippen molar-refractivity contribution >= 4 is 0 Å². The van der Waals surface area contributed by atoms with Gasteiger partial charge in [0, 0.05) is 5.92 Å². The summed E-state index contributed by atoms with van der Waals surface area (Å²) in [5.74, 6) is -0.439. The number of rotatable bonds is 7. The van der Waals surface area contributed by atoms with Gasteiger partial charge in [0.25, 0.3) is 0 Å². The Hall–Kier alpha value is -0.320. The third-order valence-electron chi connectivity index (χ3n) is 3.69. The highest BCUT2D eigenvalue weighted by Gasteiger charge is 2.50. The van der Waals surface area contributed by atoms with Gasteiger partial charge in [-0.05, 0) is 5.41 Å². The summed E-state index contributed by atoms with van der Waals surface area (Å²) in [4.78, 5) is 0. The minimum absolute atomic E-state index is 0.103. The van der Waals surface area contributed by atoms with Gasteiger partial charge in [-0.1, -0.05) is 20.8 Å². The van der Waals surface area contributed by atoms with E-state index in [4.69, 9.17) is 24.4 Å². The average Bonchev–Trinajstić information content (AvgIpc) is 2.41. The van der Waals surface area contributed by atoms with Crippen molar-refractivity contribution in [2.45, 2.75) is 51.7 Å². The number of hydrogen-bond donors (Lipinski definition) is 5. The van der Waals surface area contributed by atoms with Crippen LogP contribution in [0.1, 0.15) is 20.8 Å². The first-order valence-electron chi connectivity index (χ1n) is 7.37. The topological polar surface area (TPSA) is 129 Å². The van der Waals surface area contributed by atoms with Gasteiger partial charge in [0.2, 0.25) is 0 Å². The van der Waals surface area contributed by atoms with E-state index < -0.39 is 48.8 Å². The van der Waals surface area contributed by atoms with Crippen molar-refractivity contribution in [2.75, 3.05) is 26.4 Å². The van der Waals surface area contributed by atoms with Crippen LogP contribution in [0, 0.1) is 11.3 Å². The van der Waals surface area contributed by atoms with Gasteiger partial charge in [-0.2, -0.15) is 0 Å². The molecule has 5 N–H and O–H groups in total. The maximum absolute atomic E-state index is 10.5. The second-order valence-electron chi connectivity index (χ2n) is 6.48. The van der Waals surface area contributed by atoms with Gasteiger partial charge in [-0.3, -0.25) is 0 Å². The monoisotopic (exact) mass is 324 g/mol. The van der Waals surface area contributed by atoms with Crippen LogP contribution in [-0.4, -0.2) is 82.9 Å². The van der Waals surface area contributed by atoms with E-state index >= 15 is 0 Å². The van der Waals surface area contributed by atoms with Crippen molar-refractivity contribution in [3.63, 3.8) is 0 Å². The summed E-state index contributed by atoms with van der Waals surface area (Å²) in [5.41, 5.74) is -0.390. The van der Waals surface area contributed by atoms with Crippen molar-refractivity contribution in [1.82, 2.24) is 0 Å². The van der Waals surface area contributed by atoms with E-state index in [0.29, 0.717) is 0 Å². The Bertz CT molecular complexity index is 318. The molecule has 0 aromatic rings. The molecule has 1 rings (SSSR count). The van der Waals surface area contributed by atoms with E-state index in [2.05, 4.69) is 0 Å². The van der Waals surface area contributed by atoms with Gasteiger partial charge in [-0.25, -0.2) is 0 Å². The van der Waals surface area contributed by atoms with Crippen LogP contribution in [0.4, 0.5) is 0 Å². The second kappa shape index (κ2) is 8.51. The van der Waals surface area contributed by atoms with Gasteiger partial charge in [-0.15, -0.1) is 0 Å². The van der Waals surface area contributed by atoms with E-state index in [1.807, 2.05) is 20.8 Å². The van der Waals surface area contributed by atoms with Crippen molar-refractivity contribution < 1.29 is 39.7 Å². The Morgan fingerprint density at radius 2 is 1.82 bits per heavy atom. The molecule has 6 atom stereocenters. The Morgan fingerprint density at radius 3 is 2.32 bits per heavy atom. The van der Waals surface area contributed by atoms with Gasteiger partial charge < -0.3 is 39.7 Å². The fraction of sp³-hybridized carbons (Fsp3) is 1.00. The summed E-state index contributed by atoms with van der Waals surface area (Å²) in [6.07, 6.45) is -5.87. The molecule has 132 valence electrons. The van der Waals surface area contributed by atoms with E-state index in [1.54, 1.807) is 0 Å². The summed E-state index contributed by atoms with van der Waals surface area (Å²) < 4.78 is 15.8. The van der Waals surface area contributed by atoms with Crippen LogP contribution in [0.15, 0.2) is 0 Å². The molecule has 0 bridgehead atoms. The smallest absolute Gasteiger partial charge is 0.184 e. The molecular formula is C14H28O8. The maximum Gasteiger partial charge on any atom is 0.184 e. The van der Waals surface area contributed by atoms with Crippen LogP contribution < -0.4 is 0 Å². The van der Waals surface area contributed by atoms with Crippen LogP contribution in [-0.2, 0) is 14.2 Å². The van der Waals surface area contributed by atoms with Crippen molar-refractivity contribution in [1.29, 1.82) is 0 Å². The predicted octanol–water partition coefficient (Wildman–Crippen LogP) is -1.57. The first-order chi connectivity index (χ1) is 10.2. The Morgan fingerprint density at radius 1 is 1.18 bits per heavy atom. The summed E-state index contributed by atoms with van der Waals surface area (Å²) in [7, 11) is 0. The Labute approximate surface area is 130 Å². The van der Waals surface area contributed by atoms with Crippen LogP contribution in [0.5, 0.6) is 0 Å². The molecule has 1 aliphatic heterocycles. The molecule has 1 saturated heterocycles. The number of ether oxygens (including phenoxy) is 3. The van der Waals surface area contributed by atoms with Crippen LogP contribution in [0.3, 0.4) is 0 Å². The first-order valence-corrected chi connectivity index (χ1v) is 7.37. The van der Waals surface area contributed by atoms with E-state index in [9.17, 15) is 15.3 Å². The van der Waals surface area contributed by atoms with Crippen LogP contribution >= 0.6 is 0 Å². The molecule has 8 nitrogen and oxygen atoms in total. The maximum atomic E-state index is 10.5. The molecule has 0 spiro atoms. The lowest BCUT2D eigenvalue weighted by Gasteiger charge is -2.48. The summed E-state index contributed by atoms with van der Waals surface area (Å²) in [6, 6.07) is 0. The highest BCUT2D eigenvalue weighted by molar-refractivity contribution is 4.95. The summed E-state index contributed by atoms with van der Waals surface area (Å²) in [6.45, 7) is 5.16. The van der Waals surface area contributed by atoms with Crippen molar-refractivity contribution in [2.24, 2.45) is 11.3 Å². The highest BCUT2D eigenvalue weighted by Crippen LogP contribution is 2.39. The molecule has 1 heterocycles. The minimum Gasteiger partial charge on any atom is -0.394 e. The second-order valence-corrected chi connectivity index (χ2v) is 6.48. The van der Waals surface area contributed by atoms with Gasteiger partial charge >= 0.3 is 0 Å². The molecule has 1 fully saturated rings. The average molecular weight is 324 g/mol. The standard InChI is InChI=1S/C14H28O8/c1-14(2,3)10-8(7-20-5-4-15)21-13(19)12(11(10)18)22-9(17)6-16/h8-13,15-19H,4-7H2,1-3H3. The van der Waals surface area contributed by atoms with Crippen LogP contribution in [0.25, 0.3) is 0 Å². The molecule has 1 aliphatic rings. The van der Waals surface area contributed by atoms with E-state index in [-0.39, 0.29) is 19.8 Å². The number of aliphatic hydroxyl groups is 5.